The number of hydrogen-bond donors (Lipinski definition) is 1. The number of ether oxygens (including phenoxy) is 2. The van der Waals surface area contributed by atoms with Gasteiger partial charge in [0.25, 0.3) is 0 Å². The number of nitrogens with one attached hydrogen (secondary N) is 1. The van der Waals surface area contributed by atoms with Gasteiger partial charge in [-0.15, -0.1) is 0 Å². The number of anilines is 1. The molecule has 1 N–H and O–H groups in total. The molecule has 0 saturated heterocycles. The highest BCUT2D eigenvalue weighted by Crippen LogP contribution is 2.34. The van der Waals surface area contributed by atoms with E-state index in [0.717, 1.165) is 11.3 Å². The van der Waals surface area contributed by atoms with E-state index < -0.39 is 17.7 Å². The Labute approximate surface area is 141 Å². The second-order valence-electron chi connectivity index (χ2n) is 5.45. The molecule has 0 spiro atoms. The van der Waals surface area contributed by atoms with Crippen molar-refractivity contribution in [3.05, 3.63) is 22.7 Å². The zero-order chi connectivity index (χ0) is 17.2. The van der Waals surface area contributed by atoms with Gasteiger partial charge in [0.1, 0.15) is 5.60 Å². The van der Waals surface area contributed by atoms with Gasteiger partial charge in [-0.1, -0.05) is 22.9 Å². The van der Waals surface area contributed by atoms with Crippen molar-refractivity contribution in [3.8, 4) is 0 Å². The molecule has 0 aliphatic heterocycles. The summed E-state index contributed by atoms with van der Waals surface area (Å²) in [5, 5.41) is 0.534. The smallest absolute Gasteiger partial charge is 0.465 e. The van der Waals surface area contributed by atoms with E-state index in [2.05, 4.69) is 15.2 Å². The van der Waals surface area contributed by atoms with Gasteiger partial charge < -0.3 is 14.3 Å². The van der Waals surface area contributed by atoms with E-state index in [9.17, 15) is 9.59 Å². The largest absolute Gasteiger partial charge is 0.533 e. The first-order valence-corrected chi connectivity index (χ1v) is 7.74. The van der Waals surface area contributed by atoms with Gasteiger partial charge in [-0.3, -0.25) is 0 Å². The Hall–Kier alpha value is -2.06. The second-order valence-corrected chi connectivity index (χ2v) is 6.83. The lowest BCUT2D eigenvalue weighted by molar-refractivity contribution is 0.00297. The van der Waals surface area contributed by atoms with Crippen LogP contribution in [0, 0.1) is 0 Å². The highest BCUT2D eigenvalue weighted by Gasteiger charge is 2.19. The number of nitrogens with zero attached hydrogens (tertiary/aromatic N) is 1. The van der Waals surface area contributed by atoms with Crippen molar-refractivity contribution >= 4 is 50.4 Å². The number of benzene rings is 1. The molecule has 1 heterocycles. The van der Waals surface area contributed by atoms with Crippen LogP contribution in [0.25, 0.3) is 10.2 Å². The summed E-state index contributed by atoms with van der Waals surface area (Å²) in [7, 11) is 1.27. The number of esters is 1. The molecule has 0 fully saturated rings. The molecule has 0 bridgehead atoms. The van der Waals surface area contributed by atoms with Crippen LogP contribution in [0.2, 0.25) is 5.02 Å². The number of fused-ring (bicyclic) bond motifs is 1. The van der Waals surface area contributed by atoms with Crippen LogP contribution in [0.15, 0.2) is 12.1 Å². The van der Waals surface area contributed by atoms with E-state index in [1.165, 1.54) is 13.2 Å². The van der Waals surface area contributed by atoms with Gasteiger partial charge in [-0.2, -0.15) is 5.48 Å². The summed E-state index contributed by atoms with van der Waals surface area (Å²) in [6.45, 7) is 5.17. The molecule has 0 unspecified atom stereocenters. The average molecular weight is 359 g/mol. The number of hydrogen-bond acceptors (Lipinski definition) is 8. The molecule has 0 aliphatic carbocycles. The quantitative estimate of drug-likeness (QED) is 0.655. The number of halogens is 1. The summed E-state index contributed by atoms with van der Waals surface area (Å²) in [5.41, 5.74) is 2.54. The van der Waals surface area contributed by atoms with Gasteiger partial charge in [0, 0.05) is 0 Å². The van der Waals surface area contributed by atoms with Gasteiger partial charge >= 0.3 is 12.1 Å². The summed E-state index contributed by atoms with van der Waals surface area (Å²) in [6, 6.07) is 3.15. The van der Waals surface area contributed by atoms with Crippen molar-refractivity contribution in [1.82, 2.24) is 4.98 Å². The number of carbonyl (C=O) groups excluding carboxylic acids is 2. The molecular formula is C14H15ClN2O5S. The van der Waals surface area contributed by atoms with Crippen molar-refractivity contribution < 1.29 is 23.9 Å². The first kappa shape index (κ1) is 17.3. The zero-order valence-electron chi connectivity index (χ0n) is 12.9. The third kappa shape index (κ3) is 4.23. The summed E-state index contributed by atoms with van der Waals surface area (Å²) in [5.74, 6) is -0.537. The minimum atomic E-state index is -0.877. The minimum Gasteiger partial charge on any atom is -0.465 e. The molecular weight excluding hydrogens is 344 g/mol. The molecule has 124 valence electrons. The SMILES string of the molecule is COC(=O)c1ccc2nc(NOC(=O)OC(C)(C)C)sc2c1Cl. The van der Waals surface area contributed by atoms with E-state index >= 15 is 0 Å². The average Bonchev–Trinajstić information content (AvgIpc) is 2.87. The number of thiazole rings is 1. The first-order chi connectivity index (χ1) is 10.7. The summed E-state index contributed by atoms with van der Waals surface area (Å²) in [6.07, 6.45) is -0.877. The Bertz CT molecular complexity index is 753. The molecule has 7 nitrogen and oxygen atoms in total. The van der Waals surface area contributed by atoms with E-state index in [4.69, 9.17) is 21.2 Å². The van der Waals surface area contributed by atoms with Gasteiger partial charge in [0.15, 0.2) is 0 Å². The molecule has 9 heteroatoms. The molecule has 0 saturated carbocycles. The van der Waals surface area contributed by atoms with Gasteiger partial charge in [0.2, 0.25) is 5.13 Å². The third-order valence-corrected chi connectivity index (χ3v) is 4.00. The Morgan fingerprint density at radius 3 is 2.61 bits per heavy atom. The molecule has 2 aromatic rings. The lowest BCUT2D eigenvalue weighted by atomic mass is 10.2. The van der Waals surface area contributed by atoms with Crippen LogP contribution in [0.5, 0.6) is 0 Å². The number of rotatable bonds is 3. The monoisotopic (exact) mass is 358 g/mol. The number of methoxy groups -OCH3 is 1. The van der Waals surface area contributed by atoms with E-state index in [1.807, 2.05) is 0 Å². The van der Waals surface area contributed by atoms with Crippen molar-refractivity contribution in [2.24, 2.45) is 0 Å². The fraction of sp³-hybridized carbons (Fsp3) is 0.357. The fourth-order valence-electron chi connectivity index (χ4n) is 1.63. The Balaban J connectivity index is 2.16. The molecule has 0 amide bonds. The minimum absolute atomic E-state index is 0.233. The fourth-order valence-corrected chi connectivity index (χ4v) is 2.82. The number of aromatic nitrogens is 1. The Kier molecular flexibility index (Phi) is 4.96. The maximum atomic E-state index is 11.6. The predicted octanol–water partition coefficient (Wildman–Crippen LogP) is 4.01. The summed E-state index contributed by atoms with van der Waals surface area (Å²) >= 11 is 7.32. The van der Waals surface area contributed by atoms with Crippen molar-refractivity contribution in [3.63, 3.8) is 0 Å². The lowest BCUT2D eigenvalue weighted by Gasteiger charge is -2.18. The summed E-state index contributed by atoms with van der Waals surface area (Å²) < 4.78 is 10.2. The van der Waals surface area contributed by atoms with Crippen LogP contribution in [-0.2, 0) is 14.3 Å². The Morgan fingerprint density at radius 1 is 1.30 bits per heavy atom. The predicted molar refractivity (Wildman–Crippen MR) is 86.9 cm³/mol. The van der Waals surface area contributed by atoms with E-state index in [1.54, 1.807) is 26.8 Å². The zero-order valence-corrected chi connectivity index (χ0v) is 14.5. The van der Waals surface area contributed by atoms with Crippen LogP contribution in [0.1, 0.15) is 31.1 Å². The normalized spacial score (nSPS) is 11.2. The Morgan fingerprint density at radius 2 is 2.00 bits per heavy atom. The van der Waals surface area contributed by atoms with Crippen LogP contribution in [-0.4, -0.2) is 29.8 Å². The molecule has 0 radical (unpaired) electrons. The maximum absolute atomic E-state index is 11.6. The molecule has 0 atom stereocenters. The standard InChI is InChI=1S/C14H15ClN2O5S/c1-14(2,3)21-13(19)22-17-12-16-8-6-5-7(11(18)20-4)9(15)10(8)23-12/h5-6H,1-4H3,(H,16,17). The molecule has 2 rings (SSSR count). The van der Waals surface area contributed by atoms with Crippen LogP contribution >= 0.6 is 22.9 Å². The van der Waals surface area contributed by atoms with E-state index in [0.29, 0.717) is 15.3 Å². The van der Waals surface area contributed by atoms with Crippen LogP contribution < -0.4 is 5.48 Å². The van der Waals surface area contributed by atoms with Gasteiger partial charge in [0.05, 0.1) is 27.9 Å². The van der Waals surface area contributed by atoms with E-state index in [-0.39, 0.29) is 10.6 Å². The topological polar surface area (TPSA) is 86.8 Å². The van der Waals surface area contributed by atoms with Gasteiger partial charge in [-0.05, 0) is 32.9 Å². The lowest BCUT2D eigenvalue weighted by Crippen LogP contribution is -2.25. The third-order valence-electron chi connectivity index (χ3n) is 2.51. The van der Waals surface area contributed by atoms with Crippen molar-refractivity contribution in [2.45, 2.75) is 26.4 Å². The highest BCUT2D eigenvalue weighted by molar-refractivity contribution is 7.22. The maximum Gasteiger partial charge on any atom is 0.533 e. The van der Waals surface area contributed by atoms with Gasteiger partial charge in [-0.25, -0.2) is 14.6 Å². The second kappa shape index (κ2) is 6.59. The summed E-state index contributed by atoms with van der Waals surface area (Å²) in [4.78, 5) is 32.1. The molecule has 0 aliphatic rings. The van der Waals surface area contributed by atoms with Crippen LogP contribution in [0.4, 0.5) is 9.93 Å². The van der Waals surface area contributed by atoms with Crippen LogP contribution in [0.3, 0.4) is 0 Å². The molecule has 1 aromatic carbocycles. The van der Waals surface area contributed by atoms with Crippen molar-refractivity contribution in [1.29, 1.82) is 0 Å². The molecule has 23 heavy (non-hydrogen) atoms. The first-order valence-electron chi connectivity index (χ1n) is 6.54. The number of carbonyl (C=O) groups is 2. The molecule has 1 aromatic heterocycles. The van der Waals surface area contributed by atoms with Crippen molar-refractivity contribution in [2.75, 3.05) is 12.6 Å². The highest BCUT2D eigenvalue weighted by atomic mass is 35.5.